The molecule has 4 fully saturated rings. The van der Waals surface area contributed by atoms with Crippen molar-refractivity contribution in [1.29, 1.82) is 0 Å². The van der Waals surface area contributed by atoms with Crippen molar-refractivity contribution in [3.63, 3.8) is 0 Å². The maximum atomic E-state index is 13.0. The number of fused-ring (bicyclic) bond motifs is 2. The van der Waals surface area contributed by atoms with Gasteiger partial charge in [0.25, 0.3) is 5.56 Å². The summed E-state index contributed by atoms with van der Waals surface area (Å²) in [5.74, 6) is 0.150. The van der Waals surface area contributed by atoms with Gasteiger partial charge in [-0.3, -0.25) is 14.7 Å². The molecule has 2 aromatic rings. The molecule has 2 aliphatic carbocycles. The van der Waals surface area contributed by atoms with E-state index in [2.05, 4.69) is 32.9 Å². The number of H-pyrrole nitrogens is 1. The molecule has 2 aromatic heterocycles. The van der Waals surface area contributed by atoms with Crippen LogP contribution in [0.15, 0.2) is 34.4 Å². The number of imidazole rings is 1. The zero-order valence-corrected chi connectivity index (χ0v) is 25.3. The standard InChI is InChI=1S/C31H40N6O7/c1-29-7-6-22(39)30(2,15-38)20(29)14-21(37-8-10-42-11-9-37)31(16-43-31)19(29)5-4-17-12-18(44-27(17)41)13-23-33-24-25(36(23)3)34-28(32)35-26(24)40/h4-5,12-13,19-22,38-39H,6-11,14-16H2,1-3H3,(H3,32,34,35,40)/b5-4+,18-13+/t19?,20?,21?,22-,29-,30+,31?/m1/s1. The van der Waals surface area contributed by atoms with E-state index in [-0.39, 0.29) is 41.4 Å². The van der Waals surface area contributed by atoms with Crippen LogP contribution < -0.4 is 11.3 Å². The van der Waals surface area contributed by atoms with Gasteiger partial charge in [-0.15, -0.1) is 0 Å². The van der Waals surface area contributed by atoms with Gasteiger partial charge < -0.3 is 34.7 Å². The fourth-order valence-corrected chi connectivity index (χ4v) is 8.59. The second-order valence-corrected chi connectivity index (χ2v) is 13.4. The van der Waals surface area contributed by atoms with Crippen LogP contribution in [0.3, 0.4) is 0 Å². The Morgan fingerprint density at radius 2 is 1.98 bits per heavy atom. The van der Waals surface area contributed by atoms with E-state index in [0.717, 1.165) is 25.9 Å². The maximum Gasteiger partial charge on any atom is 0.343 e. The molecule has 5 heterocycles. The summed E-state index contributed by atoms with van der Waals surface area (Å²) in [6.07, 6.45) is 8.76. The molecule has 3 aliphatic heterocycles. The number of morpholine rings is 1. The van der Waals surface area contributed by atoms with E-state index in [4.69, 9.17) is 19.9 Å². The van der Waals surface area contributed by atoms with Crippen LogP contribution in [0.4, 0.5) is 5.95 Å². The van der Waals surface area contributed by atoms with Crippen molar-refractivity contribution >= 4 is 29.2 Å². The number of aliphatic hydroxyl groups is 2. The van der Waals surface area contributed by atoms with Gasteiger partial charge in [0.05, 0.1) is 38.1 Å². The number of cyclic esters (lactones) is 1. The van der Waals surface area contributed by atoms with Gasteiger partial charge in [0.1, 0.15) is 17.2 Å². The van der Waals surface area contributed by atoms with E-state index in [1.165, 1.54) is 0 Å². The van der Waals surface area contributed by atoms with E-state index in [1.807, 2.05) is 13.0 Å². The Hall–Kier alpha value is -3.36. The average Bonchev–Trinajstić information content (AvgIpc) is 3.61. The van der Waals surface area contributed by atoms with Crippen LogP contribution in [0.1, 0.15) is 38.9 Å². The fraction of sp³-hybridized carbons (Fsp3) is 0.613. The number of esters is 1. The Bertz CT molecular complexity index is 1650. The van der Waals surface area contributed by atoms with Gasteiger partial charge in [-0.1, -0.05) is 26.0 Å². The number of aryl methyl sites for hydroxylation is 1. The summed E-state index contributed by atoms with van der Waals surface area (Å²) in [7, 11) is 1.70. The summed E-state index contributed by atoms with van der Waals surface area (Å²) in [5, 5.41) is 21.8. The summed E-state index contributed by atoms with van der Waals surface area (Å²) in [6, 6.07) is 0.0959. The number of anilines is 1. The van der Waals surface area contributed by atoms with E-state index in [0.29, 0.717) is 49.0 Å². The number of epoxide rings is 1. The molecule has 0 radical (unpaired) electrons. The predicted octanol–water partition coefficient (Wildman–Crippen LogP) is 0.885. The number of aliphatic hydroxyl groups excluding tert-OH is 2. The lowest BCUT2D eigenvalue weighted by Crippen LogP contribution is -2.67. The molecule has 7 rings (SSSR count). The number of hydrogen-bond donors (Lipinski definition) is 4. The Kier molecular flexibility index (Phi) is 6.90. The number of ether oxygens (including phenoxy) is 3. The van der Waals surface area contributed by atoms with Crippen LogP contribution in [-0.4, -0.2) is 97.9 Å². The number of nitrogen functional groups attached to an aromatic ring is 1. The Balaban J connectivity index is 1.24. The molecule has 0 bridgehead atoms. The molecule has 2 saturated carbocycles. The van der Waals surface area contributed by atoms with Gasteiger partial charge in [-0.2, -0.15) is 4.98 Å². The van der Waals surface area contributed by atoms with Crippen molar-refractivity contribution < 1.29 is 29.2 Å². The highest BCUT2D eigenvalue weighted by Gasteiger charge is 2.71. The minimum atomic E-state index is -0.658. The molecule has 2 saturated heterocycles. The molecule has 5 aliphatic rings. The van der Waals surface area contributed by atoms with E-state index in [9.17, 15) is 19.8 Å². The smallest absolute Gasteiger partial charge is 0.343 e. The SMILES string of the molecule is Cn1c(/C=C2C=C(/C=C/C3C4(CO4)C(N4CCOCC4)CC4[C@]3(C)CC[C@@H](O)[C@@]4(C)CO)C(=O)O\2)nc2c(=O)[nH]c(N)nc21. The molecule has 0 aromatic carbocycles. The van der Waals surface area contributed by atoms with Crippen molar-refractivity contribution in [3.05, 3.63) is 45.7 Å². The highest BCUT2D eigenvalue weighted by molar-refractivity contribution is 5.96. The van der Waals surface area contributed by atoms with Gasteiger partial charge in [-0.05, 0) is 36.7 Å². The fourth-order valence-electron chi connectivity index (χ4n) is 8.59. The third-order valence-electron chi connectivity index (χ3n) is 11.1. The van der Waals surface area contributed by atoms with Gasteiger partial charge in [0.15, 0.2) is 11.2 Å². The highest BCUT2D eigenvalue weighted by atomic mass is 16.6. The maximum absolute atomic E-state index is 13.0. The second kappa shape index (κ2) is 10.3. The van der Waals surface area contributed by atoms with Gasteiger partial charge in [-0.25, -0.2) is 9.78 Å². The molecule has 0 amide bonds. The number of nitrogens with zero attached hydrogens (tertiary/aromatic N) is 4. The quantitative estimate of drug-likeness (QED) is 0.279. The minimum absolute atomic E-state index is 0.0111. The number of carbonyl (C=O) groups excluding carboxylic acids is 1. The number of rotatable bonds is 5. The van der Waals surface area contributed by atoms with Gasteiger partial charge in [0, 0.05) is 43.6 Å². The Morgan fingerprint density at radius 1 is 1.23 bits per heavy atom. The summed E-state index contributed by atoms with van der Waals surface area (Å²) >= 11 is 0. The van der Waals surface area contributed by atoms with Gasteiger partial charge >= 0.3 is 5.97 Å². The zero-order valence-electron chi connectivity index (χ0n) is 25.3. The Labute approximate surface area is 254 Å². The van der Waals surface area contributed by atoms with E-state index in [1.54, 1.807) is 23.8 Å². The first-order valence-corrected chi connectivity index (χ1v) is 15.3. The number of aromatic nitrogens is 4. The molecule has 13 heteroatoms. The molecule has 13 nitrogen and oxygen atoms in total. The lowest BCUT2D eigenvalue weighted by molar-refractivity contribution is -0.186. The van der Waals surface area contributed by atoms with Crippen molar-refractivity contribution in [2.24, 2.45) is 29.7 Å². The van der Waals surface area contributed by atoms with Crippen LogP contribution in [0.2, 0.25) is 0 Å². The van der Waals surface area contributed by atoms with Crippen LogP contribution in [0.25, 0.3) is 17.2 Å². The molecule has 7 atom stereocenters. The number of allylic oxidation sites excluding steroid dienone is 1. The average molecular weight is 609 g/mol. The number of hydrogen-bond acceptors (Lipinski definition) is 11. The normalized spacial score (nSPS) is 38.4. The van der Waals surface area contributed by atoms with Crippen molar-refractivity contribution in [3.8, 4) is 0 Å². The Morgan fingerprint density at radius 3 is 2.68 bits per heavy atom. The molecule has 1 spiro atoms. The van der Waals surface area contributed by atoms with E-state index >= 15 is 0 Å². The molecule has 4 unspecified atom stereocenters. The first-order chi connectivity index (χ1) is 21.0. The molecule has 236 valence electrons. The first-order valence-electron chi connectivity index (χ1n) is 15.3. The molecular formula is C31H40N6O7. The summed E-state index contributed by atoms with van der Waals surface area (Å²) in [4.78, 5) is 38.8. The highest BCUT2D eigenvalue weighted by Crippen LogP contribution is 2.66. The summed E-state index contributed by atoms with van der Waals surface area (Å²) in [6.45, 7) is 7.70. The third kappa shape index (κ3) is 4.39. The topological polar surface area (TPSA) is 181 Å². The monoisotopic (exact) mass is 608 g/mol. The number of nitrogens with one attached hydrogen (secondary N) is 1. The molecular weight excluding hydrogens is 568 g/mol. The lowest BCUT2D eigenvalue weighted by Gasteiger charge is -2.63. The van der Waals surface area contributed by atoms with Crippen LogP contribution >= 0.6 is 0 Å². The second-order valence-electron chi connectivity index (χ2n) is 13.4. The van der Waals surface area contributed by atoms with Crippen LogP contribution in [0, 0.1) is 22.7 Å². The number of nitrogens with two attached hydrogens (primary N) is 1. The third-order valence-corrected chi connectivity index (χ3v) is 11.1. The molecule has 44 heavy (non-hydrogen) atoms. The lowest BCUT2D eigenvalue weighted by atomic mass is 9.44. The largest absolute Gasteiger partial charge is 0.423 e. The van der Waals surface area contributed by atoms with Crippen LogP contribution in [-0.2, 0) is 26.1 Å². The van der Waals surface area contributed by atoms with E-state index < -0.39 is 28.6 Å². The predicted molar refractivity (Wildman–Crippen MR) is 160 cm³/mol. The van der Waals surface area contributed by atoms with Gasteiger partial charge in [0.2, 0.25) is 5.95 Å². The summed E-state index contributed by atoms with van der Waals surface area (Å²) in [5.41, 5.74) is 4.75. The number of aromatic amines is 1. The van der Waals surface area contributed by atoms with Crippen molar-refractivity contribution in [2.45, 2.75) is 50.9 Å². The minimum Gasteiger partial charge on any atom is -0.423 e. The summed E-state index contributed by atoms with van der Waals surface area (Å²) < 4.78 is 19.2. The van der Waals surface area contributed by atoms with Crippen molar-refractivity contribution in [1.82, 2.24) is 24.4 Å². The molecule has 5 N–H and O–H groups in total. The first kappa shape index (κ1) is 29.4. The van der Waals surface area contributed by atoms with Crippen LogP contribution in [0.5, 0.6) is 0 Å². The number of carbonyl (C=O) groups is 1. The van der Waals surface area contributed by atoms with Crippen molar-refractivity contribution in [2.75, 3.05) is 45.3 Å². The zero-order chi connectivity index (χ0) is 31.0.